The number of carbonyl (C=O) groups is 2. The number of carbonyl (C=O) groups excluding carboxylic acids is 2. The van der Waals surface area contributed by atoms with Crippen molar-refractivity contribution in [2.75, 3.05) is 13.2 Å². The Balaban J connectivity index is 2.54. The van der Waals surface area contributed by atoms with Crippen molar-refractivity contribution in [1.29, 1.82) is 0 Å². The predicted molar refractivity (Wildman–Crippen MR) is 320 cm³/mol. The zero-order valence-electron chi connectivity index (χ0n) is 50.4. The Morgan fingerprint density at radius 2 is 0.857 bits per heavy atom. The van der Waals surface area contributed by atoms with Gasteiger partial charge in [-0.25, -0.2) is 0 Å². The molecule has 0 bridgehead atoms. The number of ether oxygens (including phenoxy) is 3. The molecule has 1 aliphatic heterocycles. The molecule has 0 spiro atoms. The maximum atomic E-state index is 13.4. The molecule has 11 heteroatoms. The molecule has 0 aromatic heterocycles. The highest BCUT2D eigenvalue weighted by Crippen LogP contribution is 2.26. The van der Waals surface area contributed by atoms with Crippen molar-refractivity contribution in [1.82, 2.24) is 5.32 Å². The smallest absolute Gasteiger partial charge is 0.306 e. The van der Waals surface area contributed by atoms with Crippen molar-refractivity contribution >= 4 is 11.9 Å². The summed E-state index contributed by atoms with van der Waals surface area (Å²) in [7, 11) is 0. The SMILES string of the molecule is CCCCCCCC/C=C/CCCCCCCCCCCCCCCCCC(=O)OC1C(OCC(NC(=O)C(O)CCCCCCCCCCCC)C(O)/C=C/CCCCCCCCCCCCC)OC(CO)C(O)C1O. The number of esters is 1. The monoisotopic (exact) mass is 1090 g/mol. The highest BCUT2D eigenvalue weighted by atomic mass is 16.7. The molecule has 1 rings (SSSR count). The molecule has 0 radical (unpaired) electrons. The van der Waals surface area contributed by atoms with E-state index >= 15 is 0 Å². The maximum absolute atomic E-state index is 13.4. The number of aliphatic hydroxyl groups is 5. The van der Waals surface area contributed by atoms with E-state index in [1.165, 1.54) is 218 Å². The molecular weight excluding hydrogens is 967 g/mol. The lowest BCUT2D eigenvalue weighted by Gasteiger charge is -2.41. The first kappa shape index (κ1) is 73.2. The third-order valence-corrected chi connectivity index (χ3v) is 15.9. The van der Waals surface area contributed by atoms with Crippen LogP contribution in [0.1, 0.15) is 323 Å². The summed E-state index contributed by atoms with van der Waals surface area (Å²) < 4.78 is 17.6. The van der Waals surface area contributed by atoms with Crippen LogP contribution in [-0.4, -0.2) is 99.6 Å². The quantitative estimate of drug-likeness (QED) is 0.0195. The molecule has 1 aliphatic rings. The Kier molecular flexibility index (Phi) is 52.0. The fraction of sp³-hybridized carbons (Fsp3) is 0.909. The molecule has 8 atom stereocenters. The molecule has 11 nitrogen and oxygen atoms in total. The number of hydrogen-bond acceptors (Lipinski definition) is 10. The van der Waals surface area contributed by atoms with Crippen LogP contribution in [0.4, 0.5) is 0 Å². The first-order valence-corrected chi connectivity index (χ1v) is 33.1. The predicted octanol–water partition coefficient (Wildman–Crippen LogP) is 16.1. The van der Waals surface area contributed by atoms with Crippen LogP contribution in [0.5, 0.6) is 0 Å². The number of amides is 1. The molecule has 0 aromatic carbocycles. The minimum absolute atomic E-state index is 0.129. The van der Waals surface area contributed by atoms with Gasteiger partial charge in [0.05, 0.1) is 25.4 Å². The topological polar surface area (TPSA) is 175 Å². The van der Waals surface area contributed by atoms with E-state index in [2.05, 4.69) is 38.2 Å². The standard InChI is InChI=1S/C66H125NO10/c1-4-7-10-13-16-19-22-24-25-26-27-28-29-30-31-32-33-34-35-37-39-42-45-48-51-54-61(71)77-64-63(73)62(72)60(55-68)76-66(64)75-56-57(58(69)52-49-46-43-41-38-36-23-20-17-14-11-8-5-2)67-65(74)59(70)53-50-47-44-40-21-18-15-12-9-6-3/h24-25,49,52,57-60,62-64,66,68-70,72-73H,4-23,26-48,50-51,53-56H2,1-3H3,(H,67,74)/b25-24+,52-49+. The molecule has 8 unspecified atom stereocenters. The van der Waals surface area contributed by atoms with Crippen molar-refractivity contribution in [3.05, 3.63) is 24.3 Å². The molecule has 454 valence electrons. The van der Waals surface area contributed by atoms with Gasteiger partial charge in [-0.1, -0.05) is 289 Å². The van der Waals surface area contributed by atoms with E-state index in [9.17, 15) is 35.1 Å². The average molecular weight is 1090 g/mol. The van der Waals surface area contributed by atoms with Gasteiger partial charge in [-0.15, -0.1) is 0 Å². The Morgan fingerprint density at radius 3 is 1.26 bits per heavy atom. The summed E-state index contributed by atoms with van der Waals surface area (Å²) in [5, 5.41) is 56.9. The normalized spacial score (nSPS) is 19.1. The number of hydrogen-bond donors (Lipinski definition) is 6. The van der Waals surface area contributed by atoms with Gasteiger partial charge in [0.1, 0.15) is 24.4 Å². The number of allylic oxidation sites excluding steroid dienone is 3. The van der Waals surface area contributed by atoms with E-state index in [1.807, 2.05) is 6.08 Å². The number of rotatable bonds is 57. The van der Waals surface area contributed by atoms with Crippen molar-refractivity contribution in [3.63, 3.8) is 0 Å². The molecule has 0 aliphatic carbocycles. The van der Waals surface area contributed by atoms with Crippen LogP contribution in [0, 0.1) is 0 Å². The van der Waals surface area contributed by atoms with E-state index in [4.69, 9.17) is 14.2 Å². The maximum Gasteiger partial charge on any atom is 0.306 e. The van der Waals surface area contributed by atoms with Crippen LogP contribution < -0.4 is 5.32 Å². The highest BCUT2D eigenvalue weighted by Gasteiger charge is 2.47. The molecular formula is C66H125NO10. The van der Waals surface area contributed by atoms with E-state index < -0.39 is 67.4 Å². The first-order valence-electron chi connectivity index (χ1n) is 33.1. The first-order chi connectivity index (χ1) is 37.7. The van der Waals surface area contributed by atoms with Gasteiger partial charge in [-0.2, -0.15) is 0 Å². The van der Waals surface area contributed by atoms with Gasteiger partial charge in [0.2, 0.25) is 5.91 Å². The minimum atomic E-state index is -1.61. The van der Waals surface area contributed by atoms with Gasteiger partial charge < -0.3 is 45.1 Å². The summed E-state index contributed by atoms with van der Waals surface area (Å²) in [5.74, 6) is -1.18. The molecule has 1 amide bonds. The van der Waals surface area contributed by atoms with Crippen molar-refractivity contribution in [2.45, 2.75) is 372 Å². The molecule has 77 heavy (non-hydrogen) atoms. The summed E-state index contributed by atoms with van der Waals surface area (Å²) in [5.41, 5.74) is 0. The van der Waals surface area contributed by atoms with E-state index in [-0.39, 0.29) is 13.0 Å². The van der Waals surface area contributed by atoms with Crippen molar-refractivity contribution < 1.29 is 49.3 Å². The van der Waals surface area contributed by atoms with Gasteiger partial charge in [-0.3, -0.25) is 9.59 Å². The lowest BCUT2D eigenvalue weighted by Crippen LogP contribution is -2.61. The second-order valence-electron chi connectivity index (χ2n) is 23.2. The zero-order chi connectivity index (χ0) is 56.1. The Hall–Kier alpha value is -1.86. The van der Waals surface area contributed by atoms with Gasteiger partial charge >= 0.3 is 5.97 Å². The molecule has 0 saturated carbocycles. The Bertz CT molecular complexity index is 1350. The molecule has 1 heterocycles. The molecule has 6 N–H and O–H groups in total. The van der Waals surface area contributed by atoms with Crippen molar-refractivity contribution in [3.8, 4) is 0 Å². The van der Waals surface area contributed by atoms with Gasteiger partial charge in [0.25, 0.3) is 0 Å². The van der Waals surface area contributed by atoms with E-state index in [0.29, 0.717) is 19.3 Å². The van der Waals surface area contributed by atoms with E-state index in [1.54, 1.807) is 6.08 Å². The molecule has 1 fully saturated rings. The van der Waals surface area contributed by atoms with Crippen molar-refractivity contribution in [2.24, 2.45) is 0 Å². The summed E-state index contributed by atoms with van der Waals surface area (Å²) in [4.78, 5) is 26.5. The third kappa shape index (κ3) is 42.6. The lowest BCUT2D eigenvalue weighted by molar-refractivity contribution is -0.305. The average Bonchev–Trinajstić information content (AvgIpc) is 3.43. The fourth-order valence-electron chi connectivity index (χ4n) is 10.6. The number of nitrogens with one attached hydrogen (secondary N) is 1. The van der Waals surface area contributed by atoms with Crippen LogP contribution in [0.15, 0.2) is 24.3 Å². The molecule has 0 aromatic rings. The van der Waals surface area contributed by atoms with Crippen LogP contribution in [0.3, 0.4) is 0 Å². The summed E-state index contributed by atoms with van der Waals surface area (Å²) in [6, 6.07) is -1.02. The Labute approximate surface area is 473 Å². The fourth-order valence-corrected chi connectivity index (χ4v) is 10.6. The van der Waals surface area contributed by atoms with E-state index in [0.717, 1.165) is 57.8 Å². The largest absolute Gasteiger partial charge is 0.454 e. The van der Waals surface area contributed by atoms with Crippen LogP contribution in [-0.2, 0) is 23.8 Å². The number of unbranched alkanes of at least 4 members (excludes halogenated alkanes) is 41. The number of aliphatic hydroxyl groups excluding tert-OH is 5. The third-order valence-electron chi connectivity index (χ3n) is 15.9. The van der Waals surface area contributed by atoms with Crippen LogP contribution in [0.25, 0.3) is 0 Å². The summed E-state index contributed by atoms with van der Waals surface area (Å²) >= 11 is 0. The minimum Gasteiger partial charge on any atom is -0.454 e. The van der Waals surface area contributed by atoms with Gasteiger partial charge in [0, 0.05) is 6.42 Å². The van der Waals surface area contributed by atoms with Gasteiger partial charge in [0.15, 0.2) is 12.4 Å². The highest BCUT2D eigenvalue weighted by molar-refractivity contribution is 5.80. The Morgan fingerprint density at radius 1 is 0.494 bits per heavy atom. The summed E-state index contributed by atoms with van der Waals surface area (Å²) in [6.07, 6.45) is 53.8. The lowest BCUT2D eigenvalue weighted by atomic mass is 9.99. The second kappa shape index (κ2) is 54.7. The van der Waals surface area contributed by atoms with Crippen LogP contribution in [0.2, 0.25) is 0 Å². The van der Waals surface area contributed by atoms with Crippen LogP contribution >= 0.6 is 0 Å². The second-order valence-corrected chi connectivity index (χ2v) is 23.2. The van der Waals surface area contributed by atoms with Gasteiger partial charge in [-0.05, 0) is 51.4 Å². The zero-order valence-corrected chi connectivity index (χ0v) is 50.4. The summed E-state index contributed by atoms with van der Waals surface area (Å²) in [6.45, 7) is 5.80. The molecule has 1 saturated heterocycles.